The van der Waals surface area contributed by atoms with Gasteiger partial charge in [-0.2, -0.15) is 0 Å². The van der Waals surface area contributed by atoms with Crippen molar-refractivity contribution in [3.63, 3.8) is 0 Å². The molecule has 7 nitrogen and oxygen atoms in total. The summed E-state index contributed by atoms with van der Waals surface area (Å²) in [6.45, 7) is 0. The van der Waals surface area contributed by atoms with Crippen LogP contribution in [0.5, 0.6) is 0 Å². The molecule has 1 aliphatic rings. The number of nitrogens with zero attached hydrogens (tertiary/aromatic N) is 5. The summed E-state index contributed by atoms with van der Waals surface area (Å²) in [7, 11) is 2.03. The van der Waals surface area contributed by atoms with Crippen LogP contribution in [0.1, 0.15) is 19.3 Å². The summed E-state index contributed by atoms with van der Waals surface area (Å²) < 4.78 is 1.71. The Morgan fingerprint density at radius 3 is 2.77 bits per heavy atom. The predicted molar refractivity (Wildman–Crippen MR) is 103 cm³/mol. The van der Waals surface area contributed by atoms with Crippen LogP contribution in [-0.2, 0) is 0 Å². The molecule has 0 aromatic carbocycles. The summed E-state index contributed by atoms with van der Waals surface area (Å²) in [4.78, 5) is 12.6. The number of fused-ring (bicyclic) bond motifs is 2. The van der Waals surface area contributed by atoms with E-state index in [4.69, 9.17) is 5.73 Å². The molecule has 4 aromatic rings. The van der Waals surface area contributed by atoms with Gasteiger partial charge in [0, 0.05) is 41.1 Å². The first-order valence-electron chi connectivity index (χ1n) is 8.73. The van der Waals surface area contributed by atoms with E-state index in [0.717, 1.165) is 33.7 Å². The van der Waals surface area contributed by atoms with E-state index >= 15 is 0 Å². The molecule has 0 amide bonds. The summed E-state index contributed by atoms with van der Waals surface area (Å²) in [6.07, 6.45) is 11.3. The maximum Gasteiger partial charge on any atom is 0.238 e. The second kappa shape index (κ2) is 7.05. The van der Waals surface area contributed by atoms with Gasteiger partial charge in [0.15, 0.2) is 5.65 Å². The average molecular weight is 347 g/mol. The highest BCUT2D eigenvalue weighted by Gasteiger charge is 2.13. The van der Waals surface area contributed by atoms with Crippen molar-refractivity contribution < 1.29 is 0 Å². The highest BCUT2D eigenvalue weighted by molar-refractivity contribution is 5.86. The Bertz CT molecular complexity index is 1030. The van der Waals surface area contributed by atoms with Crippen molar-refractivity contribution >= 4 is 22.5 Å². The Balaban J connectivity index is 0.000000240. The molecule has 3 N–H and O–H groups in total. The van der Waals surface area contributed by atoms with Crippen LogP contribution in [0, 0.1) is 0 Å². The SMILES string of the molecule is CNC1CCC1.Nc1ncc2c(-c3cnc4ncccc4c3)ccn2n1. The Labute approximate surface area is 151 Å². The molecule has 0 bridgehead atoms. The van der Waals surface area contributed by atoms with Gasteiger partial charge in [0.2, 0.25) is 5.95 Å². The van der Waals surface area contributed by atoms with Crippen molar-refractivity contribution in [3.8, 4) is 11.1 Å². The summed E-state index contributed by atoms with van der Waals surface area (Å²) in [5.41, 5.74) is 9.23. The number of nitrogens with two attached hydrogens (primary N) is 1. The van der Waals surface area contributed by atoms with Crippen LogP contribution >= 0.6 is 0 Å². The molecule has 0 atom stereocenters. The van der Waals surface area contributed by atoms with Crippen molar-refractivity contribution in [1.82, 2.24) is 29.9 Å². The molecule has 7 heteroatoms. The van der Waals surface area contributed by atoms with Gasteiger partial charge in [-0.15, -0.1) is 5.10 Å². The lowest BCUT2D eigenvalue weighted by Gasteiger charge is -2.23. The number of hydrogen-bond acceptors (Lipinski definition) is 6. The van der Waals surface area contributed by atoms with Crippen LogP contribution in [0.15, 0.2) is 49.1 Å². The fourth-order valence-corrected chi connectivity index (χ4v) is 2.97. The van der Waals surface area contributed by atoms with Gasteiger partial charge in [0.1, 0.15) is 0 Å². The van der Waals surface area contributed by atoms with Gasteiger partial charge in [-0.25, -0.2) is 19.5 Å². The standard InChI is InChI=1S/C14H10N6.C5H11N/c15-14-18-8-12-11(3-5-20(12)19-14)10-6-9-2-1-4-16-13(9)17-7-10;1-6-5-3-2-4-5/h1-8H,(H2,15,19);5-6H,2-4H2,1H3. The van der Waals surface area contributed by atoms with E-state index in [1.54, 1.807) is 23.1 Å². The lowest BCUT2D eigenvalue weighted by molar-refractivity contribution is 0.361. The Kier molecular flexibility index (Phi) is 4.45. The van der Waals surface area contributed by atoms with E-state index in [2.05, 4.69) is 31.4 Å². The average Bonchev–Trinajstić information content (AvgIpc) is 3.04. The first kappa shape index (κ1) is 16.4. The van der Waals surface area contributed by atoms with Crippen molar-refractivity contribution in [3.05, 3.63) is 49.1 Å². The number of pyridine rings is 2. The largest absolute Gasteiger partial charge is 0.367 e. The molecule has 1 saturated carbocycles. The second-order valence-corrected chi connectivity index (χ2v) is 6.37. The fraction of sp³-hybridized carbons (Fsp3) is 0.263. The molecule has 0 radical (unpaired) electrons. The van der Waals surface area contributed by atoms with Gasteiger partial charge in [-0.1, -0.05) is 6.42 Å². The molecule has 1 fully saturated rings. The number of nitrogens with one attached hydrogen (secondary N) is 1. The summed E-state index contributed by atoms with van der Waals surface area (Å²) >= 11 is 0. The zero-order valence-corrected chi connectivity index (χ0v) is 14.6. The van der Waals surface area contributed by atoms with Crippen LogP contribution in [-0.4, -0.2) is 37.7 Å². The minimum absolute atomic E-state index is 0.250. The molecule has 132 valence electrons. The topological polar surface area (TPSA) is 94.0 Å². The lowest BCUT2D eigenvalue weighted by atomic mass is 9.94. The van der Waals surface area contributed by atoms with Crippen molar-refractivity contribution in [2.45, 2.75) is 25.3 Å². The minimum Gasteiger partial charge on any atom is -0.367 e. The molecule has 5 rings (SSSR count). The van der Waals surface area contributed by atoms with Gasteiger partial charge < -0.3 is 11.1 Å². The molecule has 0 aliphatic heterocycles. The van der Waals surface area contributed by atoms with Crippen LogP contribution in [0.2, 0.25) is 0 Å². The third-order valence-electron chi connectivity index (χ3n) is 4.71. The molecule has 0 spiro atoms. The van der Waals surface area contributed by atoms with Gasteiger partial charge in [0.05, 0.1) is 11.7 Å². The number of aromatic nitrogens is 5. The van der Waals surface area contributed by atoms with Gasteiger partial charge in [-0.05, 0) is 44.2 Å². The molecule has 4 heterocycles. The van der Waals surface area contributed by atoms with Gasteiger partial charge in [0.25, 0.3) is 0 Å². The van der Waals surface area contributed by atoms with Crippen molar-refractivity contribution in [1.29, 1.82) is 0 Å². The highest BCUT2D eigenvalue weighted by Crippen LogP contribution is 2.26. The van der Waals surface area contributed by atoms with E-state index in [0.29, 0.717) is 0 Å². The van der Waals surface area contributed by atoms with Crippen LogP contribution in [0.3, 0.4) is 0 Å². The number of hydrogen-bond donors (Lipinski definition) is 2. The molecule has 0 unspecified atom stereocenters. The molecule has 1 aliphatic carbocycles. The maximum atomic E-state index is 5.58. The Hall–Kier alpha value is -3.06. The van der Waals surface area contributed by atoms with Crippen LogP contribution in [0.4, 0.5) is 5.95 Å². The normalized spacial score (nSPS) is 14.0. The molecule has 4 aromatic heterocycles. The smallest absolute Gasteiger partial charge is 0.238 e. The predicted octanol–water partition coefficient (Wildman–Crippen LogP) is 2.68. The van der Waals surface area contributed by atoms with Gasteiger partial charge in [-0.3, -0.25) is 0 Å². The lowest BCUT2D eigenvalue weighted by Crippen LogP contribution is -2.31. The zero-order valence-electron chi connectivity index (χ0n) is 14.6. The van der Waals surface area contributed by atoms with Crippen LogP contribution in [0.25, 0.3) is 27.7 Å². The zero-order chi connectivity index (χ0) is 17.9. The van der Waals surface area contributed by atoms with Crippen LogP contribution < -0.4 is 11.1 Å². The summed E-state index contributed by atoms with van der Waals surface area (Å²) in [5, 5.41) is 8.34. The molecular formula is C19H21N7. The number of nitrogen functional groups attached to an aromatic ring is 1. The van der Waals surface area contributed by atoms with Crippen molar-refractivity contribution in [2.24, 2.45) is 0 Å². The molecule has 0 saturated heterocycles. The quantitative estimate of drug-likeness (QED) is 0.579. The first-order valence-corrected chi connectivity index (χ1v) is 8.73. The summed E-state index contributed by atoms with van der Waals surface area (Å²) in [5.74, 6) is 0.250. The third kappa shape index (κ3) is 3.21. The van der Waals surface area contributed by atoms with E-state index in [1.807, 2.05) is 31.4 Å². The Morgan fingerprint density at radius 2 is 2.04 bits per heavy atom. The van der Waals surface area contributed by atoms with E-state index < -0.39 is 0 Å². The number of anilines is 1. The molecule has 26 heavy (non-hydrogen) atoms. The Morgan fingerprint density at radius 1 is 1.15 bits per heavy atom. The van der Waals surface area contributed by atoms with E-state index in [1.165, 1.54) is 19.3 Å². The monoisotopic (exact) mass is 347 g/mol. The minimum atomic E-state index is 0.250. The highest BCUT2D eigenvalue weighted by atomic mass is 15.3. The van der Waals surface area contributed by atoms with E-state index in [-0.39, 0.29) is 5.95 Å². The number of rotatable bonds is 2. The van der Waals surface area contributed by atoms with Crippen molar-refractivity contribution in [2.75, 3.05) is 12.8 Å². The fourth-order valence-electron chi connectivity index (χ4n) is 2.97. The first-order chi connectivity index (χ1) is 12.7. The van der Waals surface area contributed by atoms with E-state index in [9.17, 15) is 0 Å². The second-order valence-electron chi connectivity index (χ2n) is 6.37. The maximum absolute atomic E-state index is 5.58. The van der Waals surface area contributed by atoms with Gasteiger partial charge >= 0.3 is 0 Å². The summed E-state index contributed by atoms with van der Waals surface area (Å²) in [6, 6.07) is 8.79. The third-order valence-corrected chi connectivity index (χ3v) is 4.71. The molecular weight excluding hydrogens is 326 g/mol.